The molecule has 0 aromatic heterocycles. The number of alkyl halides is 1. The molecule has 1 aromatic carbocycles. The summed E-state index contributed by atoms with van der Waals surface area (Å²) in [7, 11) is 0. The molecule has 1 unspecified atom stereocenters. The lowest BCUT2D eigenvalue weighted by Gasteiger charge is -2.25. The number of nitrogens with one attached hydrogen (secondary N) is 1. The second kappa shape index (κ2) is 6.28. The smallest absolute Gasteiger partial charge is 0.0697 e. The molecule has 1 aliphatic rings. The van der Waals surface area contributed by atoms with Gasteiger partial charge in [-0.2, -0.15) is 5.26 Å². The normalized spacial score (nSPS) is 26.4. The molecule has 1 heterocycles. The maximum Gasteiger partial charge on any atom is 0.0697 e. The molecule has 0 saturated carbocycles. The zero-order valence-corrected chi connectivity index (χ0v) is 14.1. The second-order valence-electron chi connectivity index (χ2n) is 6.92. The molecule has 3 heteroatoms. The molecule has 1 aromatic rings. The van der Waals surface area contributed by atoms with E-state index in [1.54, 1.807) is 0 Å². The van der Waals surface area contributed by atoms with Gasteiger partial charge in [0.15, 0.2) is 0 Å². The van der Waals surface area contributed by atoms with Gasteiger partial charge in [-0.05, 0) is 23.0 Å². The van der Waals surface area contributed by atoms with Crippen molar-refractivity contribution in [2.75, 3.05) is 6.54 Å². The molecule has 2 nitrogen and oxygen atoms in total. The molecular weight excluding hydrogens is 312 g/mol. The van der Waals surface area contributed by atoms with Gasteiger partial charge in [0.05, 0.1) is 12.0 Å². The van der Waals surface area contributed by atoms with Gasteiger partial charge in [0.25, 0.3) is 0 Å². The molecule has 0 amide bonds. The Bertz CT molecular complexity index is 498. The Balaban J connectivity index is 2.19. The first-order chi connectivity index (χ1) is 9.44. The summed E-state index contributed by atoms with van der Waals surface area (Å²) in [6, 6.07) is 11.4. The fourth-order valence-electron chi connectivity index (χ4n) is 3.08. The van der Waals surface area contributed by atoms with Crippen molar-refractivity contribution in [2.24, 2.45) is 11.3 Å². The van der Waals surface area contributed by atoms with Gasteiger partial charge in [0.1, 0.15) is 0 Å². The summed E-state index contributed by atoms with van der Waals surface area (Å²) >= 11 is 3.50. The largest absolute Gasteiger partial charge is 0.312 e. The molecule has 1 aliphatic heterocycles. The van der Waals surface area contributed by atoms with Gasteiger partial charge in [-0.15, -0.1) is 0 Å². The number of nitrogens with zero attached hydrogens (tertiary/aromatic N) is 1. The van der Waals surface area contributed by atoms with Gasteiger partial charge >= 0.3 is 0 Å². The van der Waals surface area contributed by atoms with E-state index in [-0.39, 0.29) is 11.3 Å². The lowest BCUT2D eigenvalue weighted by atomic mass is 9.79. The van der Waals surface area contributed by atoms with Crippen LogP contribution in [0.1, 0.15) is 44.2 Å². The standard InChI is InChI=1S/C17H23BrN2/c1-17(2,3)8-16-14(10-19)15(11-20-16)13-6-4-5-12(7-13)9-18/h4-7,14-16,20H,8-9,11H2,1-3H3/t14?,15-,16+/m1/s1. The number of halogens is 1. The van der Waals surface area contributed by atoms with Crippen LogP contribution in [0, 0.1) is 22.7 Å². The van der Waals surface area contributed by atoms with Crippen LogP contribution in [0.3, 0.4) is 0 Å². The highest BCUT2D eigenvalue weighted by atomic mass is 79.9. The number of benzene rings is 1. The summed E-state index contributed by atoms with van der Waals surface area (Å²) in [5.74, 6) is 0.381. The fraction of sp³-hybridized carbons (Fsp3) is 0.588. The van der Waals surface area contributed by atoms with Crippen LogP contribution in [-0.4, -0.2) is 12.6 Å². The summed E-state index contributed by atoms with van der Waals surface area (Å²) in [5, 5.41) is 14.0. The summed E-state index contributed by atoms with van der Waals surface area (Å²) in [6.45, 7) is 7.62. The van der Waals surface area contributed by atoms with E-state index in [4.69, 9.17) is 0 Å². The average Bonchev–Trinajstić information content (AvgIpc) is 2.79. The third-order valence-electron chi connectivity index (χ3n) is 3.98. The first-order valence-corrected chi connectivity index (χ1v) is 8.34. The predicted octanol–water partition coefficient (Wildman–Crippen LogP) is 4.21. The zero-order valence-electron chi connectivity index (χ0n) is 12.5. The van der Waals surface area contributed by atoms with Crippen LogP contribution < -0.4 is 5.32 Å². The van der Waals surface area contributed by atoms with Gasteiger partial charge in [0.2, 0.25) is 0 Å². The fourth-order valence-corrected chi connectivity index (χ4v) is 3.43. The van der Waals surface area contributed by atoms with Gasteiger partial charge in [0, 0.05) is 23.8 Å². The van der Waals surface area contributed by atoms with E-state index >= 15 is 0 Å². The Morgan fingerprint density at radius 2 is 2.15 bits per heavy atom. The van der Waals surface area contributed by atoms with E-state index in [1.165, 1.54) is 11.1 Å². The first-order valence-electron chi connectivity index (χ1n) is 7.22. The molecular formula is C17H23BrN2. The number of rotatable bonds is 3. The van der Waals surface area contributed by atoms with Crippen LogP contribution in [-0.2, 0) is 5.33 Å². The van der Waals surface area contributed by atoms with E-state index < -0.39 is 0 Å². The molecule has 3 atom stereocenters. The van der Waals surface area contributed by atoms with Gasteiger partial charge in [-0.3, -0.25) is 0 Å². The van der Waals surface area contributed by atoms with Crippen LogP contribution in [0.15, 0.2) is 24.3 Å². The minimum Gasteiger partial charge on any atom is -0.312 e. The molecule has 20 heavy (non-hydrogen) atoms. The Morgan fingerprint density at radius 1 is 1.40 bits per heavy atom. The van der Waals surface area contributed by atoms with Crippen LogP contribution >= 0.6 is 15.9 Å². The van der Waals surface area contributed by atoms with Crippen molar-refractivity contribution < 1.29 is 0 Å². The highest BCUT2D eigenvalue weighted by molar-refractivity contribution is 9.08. The number of hydrogen-bond donors (Lipinski definition) is 1. The molecule has 1 fully saturated rings. The maximum atomic E-state index is 9.59. The van der Waals surface area contributed by atoms with Gasteiger partial charge in [-0.1, -0.05) is 61.0 Å². The van der Waals surface area contributed by atoms with E-state index in [9.17, 15) is 5.26 Å². The monoisotopic (exact) mass is 334 g/mol. The topological polar surface area (TPSA) is 35.8 Å². The SMILES string of the molecule is CC(C)(C)C[C@@H]1NC[C@H](c2cccc(CBr)c2)C1C#N. The quantitative estimate of drug-likeness (QED) is 0.840. The van der Waals surface area contributed by atoms with Crippen molar-refractivity contribution in [3.63, 3.8) is 0 Å². The summed E-state index contributed by atoms with van der Waals surface area (Å²) in [4.78, 5) is 0. The zero-order chi connectivity index (χ0) is 14.8. The molecule has 0 bridgehead atoms. The number of nitriles is 1. The molecule has 0 radical (unpaired) electrons. The van der Waals surface area contributed by atoms with Crippen molar-refractivity contribution in [1.82, 2.24) is 5.32 Å². The molecule has 108 valence electrons. The molecule has 1 saturated heterocycles. The van der Waals surface area contributed by atoms with Crippen molar-refractivity contribution in [3.05, 3.63) is 35.4 Å². The van der Waals surface area contributed by atoms with E-state index in [0.717, 1.165) is 18.3 Å². The Kier molecular flexibility index (Phi) is 4.88. The maximum absolute atomic E-state index is 9.59. The lowest BCUT2D eigenvalue weighted by molar-refractivity contribution is 0.304. The van der Waals surface area contributed by atoms with Gasteiger partial charge < -0.3 is 5.32 Å². The van der Waals surface area contributed by atoms with E-state index in [1.807, 2.05) is 0 Å². The molecule has 0 aliphatic carbocycles. The van der Waals surface area contributed by atoms with E-state index in [2.05, 4.69) is 72.4 Å². The summed E-state index contributed by atoms with van der Waals surface area (Å²) < 4.78 is 0. The first kappa shape index (κ1) is 15.5. The predicted molar refractivity (Wildman–Crippen MR) is 86.8 cm³/mol. The van der Waals surface area contributed by atoms with Crippen LogP contribution in [0.4, 0.5) is 0 Å². The number of hydrogen-bond acceptors (Lipinski definition) is 2. The third-order valence-corrected chi connectivity index (χ3v) is 4.63. The lowest BCUT2D eigenvalue weighted by Crippen LogP contribution is -2.31. The van der Waals surface area contributed by atoms with Gasteiger partial charge in [-0.25, -0.2) is 0 Å². The highest BCUT2D eigenvalue weighted by Gasteiger charge is 2.38. The minimum absolute atomic E-state index is 0.0693. The van der Waals surface area contributed by atoms with Crippen molar-refractivity contribution >= 4 is 15.9 Å². The average molecular weight is 335 g/mol. The summed E-state index contributed by atoms with van der Waals surface area (Å²) in [6.07, 6.45) is 1.04. The van der Waals surface area contributed by atoms with Crippen molar-refractivity contribution in [2.45, 2.75) is 44.5 Å². The van der Waals surface area contributed by atoms with E-state index in [0.29, 0.717) is 12.0 Å². The van der Waals surface area contributed by atoms with Crippen molar-refractivity contribution in [1.29, 1.82) is 5.26 Å². The second-order valence-corrected chi connectivity index (χ2v) is 7.48. The minimum atomic E-state index is 0.0693. The Morgan fingerprint density at radius 3 is 2.75 bits per heavy atom. The van der Waals surface area contributed by atoms with Crippen LogP contribution in [0.25, 0.3) is 0 Å². The Labute approximate surface area is 130 Å². The highest BCUT2D eigenvalue weighted by Crippen LogP contribution is 2.36. The summed E-state index contributed by atoms with van der Waals surface area (Å²) in [5.41, 5.74) is 2.81. The molecule has 2 rings (SSSR count). The molecule has 0 spiro atoms. The third kappa shape index (κ3) is 3.62. The van der Waals surface area contributed by atoms with Crippen molar-refractivity contribution in [3.8, 4) is 6.07 Å². The van der Waals surface area contributed by atoms with Crippen LogP contribution in [0.5, 0.6) is 0 Å². The molecule has 1 N–H and O–H groups in total. The van der Waals surface area contributed by atoms with Crippen LogP contribution in [0.2, 0.25) is 0 Å². The Hall–Kier alpha value is -0.850.